The number of allylic oxidation sites excluding steroid dienone is 1. The fourth-order valence-electron chi connectivity index (χ4n) is 4.75. The van der Waals surface area contributed by atoms with Gasteiger partial charge in [-0.05, 0) is 17.4 Å². The van der Waals surface area contributed by atoms with Gasteiger partial charge in [-0.15, -0.1) is 0 Å². The summed E-state index contributed by atoms with van der Waals surface area (Å²) in [6, 6.07) is 0. The molecule has 4 aliphatic rings. The molecule has 1 spiro atoms. The first-order valence-electron chi connectivity index (χ1n) is 8.99. The molecule has 24 heavy (non-hydrogen) atoms. The van der Waals surface area contributed by atoms with Crippen LogP contribution in [0.4, 0.5) is 0 Å². The van der Waals surface area contributed by atoms with Crippen molar-refractivity contribution in [2.24, 2.45) is 16.7 Å². The highest BCUT2D eigenvalue weighted by atomic mass is 16.7. The molecule has 0 aromatic rings. The highest BCUT2D eigenvalue weighted by molar-refractivity contribution is 5.75. The molecule has 5 heteroatoms. The molecular weight excluding hydrogens is 308 g/mol. The smallest absolute Gasteiger partial charge is 0.309 e. The Balaban J connectivity index is 1.62. The zero-order valence-corrected chi connectivity index (χ0v) is 15.1. The van der Waals surface area contributed by atoms with Crippen molar-refractivity contribution >= 4 is 5.97 Å². The molecule has 0 radical (unpaired) electrons. The Morgan fingerprint density at radius 3 is 2.54 bits per heavy atom. The molecule has 3 saturated heterocycles. The summed E-state index contributed by atoms with van der Waals surface area (Å²) in [4.78, 5) is 12.0. The Kier molecular flexibility index (Phi) is 3.65. The molecule has 134 valence electrons. The summed E-state index contributed by atoms with van der Waals surface area (Å²) < 4.78 is 23.9. The topological polar surface area (TPSA) is 54.0 Å². The minimum absolute atomic E-state index is 0.000243. The van der Waals surface area contributed by atoms with E-state index in [1.54, 1.807) is 0 Å². The van der Waals surface area contributed by atoms with Gasteiger partial charge < -0.3 is 18.9 Å². The van der Waals surface area contributed by atoms with E-state index in [9.17, 15) is 4.79 Å². The monoisotopic (exact) mass is 336 g/mol. The van der Waals surface area contributed by atoms with Gasteiger partial charge in [-0.2, -0.15) is 0 Å². The molecule has 0 amide bonds. The van der Waals surface area contributed by atoms with Crippen molar-refractivity contribution in [2.45, 2.75) is 65.0 Å². The van der Waals surface area contributed by atoms with E-state index in [1.165, 1.54) is 0 Å². The summed E-state index contributed by atoms with van der Waals surface area (Å²) >= 11 is 0. The maximum absolute atomic E-state index is 12.0. The molecule has 0 unspecified atom stereocenters. The zero-order valence-electron chi connectivity index (χ0n) is 15.1. The minimum atomic E-state index is -0.613. The first-order valence-corrected chi connectivity index (χ1v) is 8.99. The zero-order chi connectivity index (χ0) is 17.2. The fourth-order valence-corrected chi connectivity index (χ4v) is 4.75. The Morgan fingerprint density at radius 2 is 1.83 bits per heavy atom. The van der Waals surface area contributed by atoms with Gasteiger partial charge in [0, 0.05) is 17.8 Å². The molecule has 0 aromatic carbocycles. The highest BCUT2D eigenvalue weighted by Gasteiger charge is 2.65. The second kappa shape index (κ2) is 5.29. The normalized spacial score (nSPS) is 40.7. The lowest BCUT2D eigenvalue weighted by Gasteiger charge is -2.49. The number of carbonyl (C=O) groups excluding carboxylic acids is 1. The van der Waals surface area contributed by atoms with Crippen molar-refractivity contribution in [3.05, 3.63) is 11.6 Å². The van der Waals surface area contributed by atoms with E-state index in [0.29, 0.717) is 26.2 Å². The van der Waals surface area contributed by atoms with Crippen molar-refractivity contribution in [3.8, 4) is 0 Å². The molecule has 3 fully saturated rings. The summed E-state index contributed by atoms with van der Waals surface area (Å²) in [5.41, 5.74) is 0.581. The van der Waals surface area contributed by atoms with E-state index in [1.807, 2.05) is 0 Å². The third-order valence-corrected chi connectivity index (χ3v) is 6.14. The summed E-state index contributed by atoms with van der Waals surface area (Å²) in [6.07, 6.45) is 3.86. The van der Waals surface area contributed by atoms with Crippen molar-refractivity contribution < 1.29 is 23.7 Å². The average molecular weight is 336 g/mol. The lowest BCUT2D eigenvalue weighted by molar-refractivity contribution is -0.240. The van der Waals surface area contributed by atoms with Crippen LogP contribution in [0.3, 0.4) is 0 Å². The van der Waals surface area contributed by atoms with Crippen LogP contribution in [-0.4, -0.2) is 43.8 Å². The number of hydrogen-bond acceptors (Lipinski definition) is 5. The lowest BCUT2D eigenvalue weighted by atomic mass is 9.59. The van der Waals surface area contributed by atoms with Crippen LogP contribution in [0.1, 0.15) is 47.0 Å². The van der Waals surface area contributed by atoms with Crippen molar-refractivity contribution in [1.29, 1.82) is 0 Å². The molecule has 3 heterocycles. The second-order valence-electron chi connectivity index (χ2n) is 9.20. The molecular formula is C19H28O5. The predicted molar refractivity (Wildman–Crippen MR) is 87.2 cm³/mol. The van der Waals surface area contributed by atoms with Crippen LogP contribution in [0.5, 0.6) is 0 Å². The highest BCUT2D eigenvalue weighted by Crippen LogP contribution is 2.57. The van der Waals surface area contributed by atoms with Crippen molar-refractivity contribution in [2.75, 3.05) is 19.8 Å². The number of rotatable bonds is 2. The predicted octanol–water partition coefficient (Wildman–Crippen LogP) is 2.83. The second-order valence-corrected chi connectivity index (χ2v) is 9.20. The number of hydrogen-bond donors (Lipinski definition) is 0. The van der Waals surface area contributed by atoms with Gasteiger partial charge in [-0.25, -0.2) is 0 Å². The van der Waals surface area contributed by atoms with Crippen molar-refractivity contribution in [3.63, 3.8) is 0 Å². The third-order valence-electron chi connectivity index (χ3n) is 6.14. The maximum atomic E-state index is 12.0. The van der Waals surface area contributed by atoms with Gasteiger partial charge in [0.2, 0.25) is 0 Å². The molecule has 0 N–H and O–H groups in total. The lowest BCUT2D eigenvalue weighted by Crippen LogP contribution is -2.54. The quantitative estimate of drug-likeness (QED) is 0.573. The van der Waals surface area contributed by atoms with Gasteiger partial charge in [0.1, 0.15) is 6.10 Å². The summed E-state index contributed by atoms with van der Waals surface area (Å²) in [5.74, 6) is -0.0184. The van der Waals surface area contributed by atoms with Gasteiger partial charge >= 0.3 is 5.97 Å². The van der Waals surface area contributed by atoms with Crippen LogP contribution in [0.15, 0.2) is 11.6 Å². The fraction of sp³-hybridized carbons (Fsp3) is 0.842. The van der Waals surface area contributed by atoms with E-state index in [4.69, 9.17) is 18.9 Å². The first kappa shape index (κ1) is 16.6. The van der Waals surface area contributed by atoms with Gasteiger partial charge in [0.25, 0.3) is 0 Å². The van der Waals surface area contributed by atoms with E-state index >= 15 is 0 Å². The molecule has 0 bridgehead atoms. The average Bonchev–Trinajstić information content (AvgIpc) is 2.98. The molecule has 0 aromatic heterocycles. The Morgan fingerprint density at radius 1 is 1.12 bits per heavy atom. The van der Waals surface area contributed by atoms with Crippen LogP contribution in [0.25, 0.3) is 0 Å². The van der Waals surface area contributed by atoms with E-state index in [-0.39, 0.29) is 35.1 Å². The Hall–Kier alpha value is -0.910. The maximum Gasteiger partial charge on any atom is 0.309 e. The largest absolute Gasteiger partial charge is 0.451 e. The van der Waals surface area contributed by atoms with E-state index < -0.39 is 5.60 Å². The number of carbonyl (C=O) groups is 1. The first-order chi connectivity index (χ1) is 11.2. The van der Waals surface area contributed by atoms with Gasteiger partial charge in [0.15, 0.2) is 11.9 Å². The van der Waals surface area contributed by atoms with Crippen LogP contribution >= 0.6 is 0 Å². The number of esters is 1. The van der Waals surface area contributed by atoms with Crippen LogP contribution < -0.4 is 0 Å². The third kappa shape index (κ3) is 2.44. The van der Waals surface area contributed by atoms with E-state index in [2.05, 4.69) is 33.8 Å². The molecule has 3 aliphatic heterocycles. The van der Waals surface area contributed by atoms with Crippen LogP contribution in [0.2, 0.25) is 0 Å². The van der Waals surface area contributed by atoms with Crippen molar-refractivity contribution in [1.82, 2.24) is 0 Å². The van der Waals surface area contributed by atoms with Gasteiger partial charge in [0.05, 0.1) is 26.2 Å². The minimum Gasteiger partial charge on any atom is -0.451 e. The molecule has 5 nitrogen and oxygen atoms in total. The molecule has 4 rings (SSSR count). The van der Waals surface area contributed by atoms with Crippen LogP contribution in [0, 0.1) is 16.7 Å². The molecule has 0 saturated carbocycles. The van der Waals surface area contributed by atoms with Gasteiger partial charge in [-0.3, -0.25) is 4.79 Å². The van der Waals surface area contributed by atoms with E-state index in [0.717, 1.165) is 18.4 Å². The number of ether oxygens (including phenoxy) is 4. The molecule has 3 atom stereocenters. The summed E-state index contributed by atoms with van der Waals surface area (Å²) in [6.45, 7) is 10.7. The SMILES string of the molecule is CC1(C)COC(C[C@@H]2C(C)(C)CC=C3CO[C@H]4CC(=O)O[C@@]342)OC1. The molecule has 1 aliphatic carbocycles. The van der Waals surface area contributed by atoms with Crippen LogP contribution in [-0.2, 0) is 23.7 Å². The standard InChI is InChI=1S/C19H28O5/c1-17(2)10-22-16(23-11-17)7-13-18(3,4)6-5-12-9-21-14-8-15(20)24-19(12,13)14/h5,13-14,16H,6-11H2,1-4H3/t13-,14+,19-/m1/s1. The summed E-state index contributed by atoms with van der Waals surface area (Å²) in [5, 5.41) is 0. The Labute approximate surface area is 143 Å². The van der Waals surface area contributed by atoms with Gasteiger partial charge in [-0.1, -0.05) is 33.8 Å². The summed E-state index contributed by atoms with van der Waals surface area (Å²) in [7, 11) is 0. The Bertz CT molecular complexity index is 568.